The second kappa shape index (κ2) is 6.85. The minimum Gasteiger partial charge on any atom is -0.480 e. The van der Waals surface area contributed by atoms with E-state index in [9.17, 15) is 0 Å². The Bertz CT molecular complexity index is 502. The molecule has 4 heteroatoms. The SMILES string of the molecule is CCCNC(c1ccccc1)c1nccnc1OC. The largest absolute Gasteiger partial charge is 0.480 e. The normalized spacial score (nSPS) is 12.1. The molecule has 0 aliphatic rings. The summed E-state index contributed by atoms with van der Waals surface area (Å²) in [5, 5.41) is 3.49. The lowest BCUT2D eigenvalue weighted by atomic mass is 10.0. The third-order valence-electron chi connectivity index (χ3n) is 2.89. The summed E-state index contributed by atoms with van der Waals surface area (Å²) in [6, 6.07) is 10.2. The topological polar surface area (TPSA) is 47.0 Å². The zero-order chi connectivity index (χ0) is 13.5. The molecular weight excluding hydrogens is 238 g/mol. The number of hydrogen-bond donors (Lipinski definition) is 1. The van der Waals surface area contributed by atoms with E-state index in [2.05, 4.69) is 34.3 Å². The molecule has 0 bridgehead atoms. The summed E-state index contributed by atoms with van der Waals surface area (Å²) < 4.78 is 5.31. The number of nitrogens with zero attached hydrogens (tertiary/aromatic N) is 2. The van der Waals surface area contributed by atoms with Crippen molar-refractivity contribution in [2.24, 2.45) is 0 Å². The monoisotopic (exact) mass is 257 g/mol. The summed E-state index contributed by atoms with van der Waals surface area (Å²) in [5.41, 5.74) is 1.99. The van der Waals surface area contributed by atoms with Crippen molar-refractivity contribution in [3.05, 3.63) is 54.0 Å². The van der Waals surface area contributed by atoms with Crippen LogP contribution in [-0.4, -0.2) is 23.6 Å². The maximum atomic E-state index is 5.31. The number of benzene rings is 1. The predicted octanol–water partition coefficient (Wildman–Crippen LogP) is 2.57. The van der Waals surface area contributed by atoms with Crippen molar-refractivity contribution in [2.45, 2.75) is 19.4 Å². The van der Waals surface area contributed by atoms with Gasteiger partial charge in [0.2, 0.25) is 5.88 Å². The fourth-order valence-electron chi connectivity index (χ4n) is 2.00. The van der Waals surface area contributed by atoms with Gasteiger partial charge in [-0.3, -0.25) is 4.98 Å². The van der Waals surface area contributed by atoms with Gasteiger partial charge in [0, 0.05) is 12.4 Å². The first-order chi connectivity index (χ1) is 9.36. The van der Waals surface area contributed by atoms with E-state index in [0.717, 1.165) is 24.2 Å². The van der Waals surface area contributed by atoms with Gasteiger partial charge in [0.15, 0.2) is 0 Å². The van der Waals surface area contributed by atoms with E-state index < -0.39 is 0 Å². The highest BCUT2D eigenvalue weighted by molar-refractivity contribution is 5.32. The van der Waals surface area contributed by atoms with Gasteiger partial charge in [-0.2, -0.15) is 0 Å². The van der Waals surface area contributed by atoms with Crippen LogP contribution in [0.4, 0.5) is 0 Å². The standard InChI is InChI=1S/C15H19N3O/c1-3-9-16-13(12-7-5-4-6-8-12)14-15(19-2)18-11-10-17-14/h4-8,10-11,13,16H,3,9H2,1-2H3. The van der Waals surface area contributed by atoms with Crippen molar-refractivity contribution < 1.29 is 4.74 Å². The van der Waals surface area contributed by atoms with E-state index in [1.54, 1.807) is 19.5 Å². The van der Waals surface area contributed by atoms with Crippen LogP contribution >= 0.6 is 0 Å². The molecule has 0 saturated carbocycles. The highest BCUT2D eigenvalue weighted by atomic mass is 16.5. The second-order valence-electron chi connectivity index (χ2n) is 4.25. The molecule has 0 spiro atoms. The summed E-state index contributed by atoms with van der Waals surface area (Å²) in [6.07, 6.45) is 4.40. The van der Waals surface area contributed by atoms with Crippen LogP contribution in [0.25, 0.3) is 0 Å². The molecule has 1 aromatic carbocycles. The molecule has 0 aliphatic heterocycles. The van der Waals surface area contributed by atoms with Crippen LogP contribution < -0.4 is 10.1 Å². The lowest BCUT2D eigenvalue weighted by Gasteiger charge is -2.19. The quantitative estimate of drug-likeness (QED) is 0.864. The lowest BCUT2D eigenvalue weighted by Crippen LogP contribution is -2.24. The Balaban J connectivity index is 2.37. The van der Waals surface area contributed by atoms with Gasteiger partial charge in [0.1, 0.15) is 5.69 Å². The van der Waals surface area contributed by atoms with Crippen LogP contribution in [0.15, 0.2) is 42.7 Å². The first-order valence-corrected chi connectivity index (χ1v) is 6.50. The maximum absolute atomic E-state index is 5.31. The molecule has 100 valence electrons. The maximum Gasteiger partial charge on any atom is 0.237 e. The summed E-state index contributed by atoms with van der Waals surface area (Å²) in [7, 11) is 1.62. The average Bonchev–Trinajstić information content (AvgIpc) is 2.49. The van der Waals surface area contributed by atoms with Gasteiger partial charge < -0.3 is 10.1 Å². The van der Waals surface area contributed by atoms with Crippen LogP contribution in [0.5, 0.6) is 5.88 Å². The van der Waals surface area contributed by atoms with Crippen molar-refractivity contribution in [1.82, 2.24) is 15.3 Å². The van der Waals surface area contributed by atoms with Gasteiger partial charge in [-0.25, -0.2) is 4.98 Å². The van der Waals surface area contributed by atoms with Crippen LogP contribution in [0, 0.1) is 0 Å². The number of ether oxygens (including phenoxy) is 1. The molecule has 1 aromatic heterocycles. The second-order valence-corrected chi connectivity index (χ2v) is 4.25. The number of aromatic nitrogens is 2. The molecule has 0 amide bonds. The molecule has 2 aromatic rings. The third kappa shape index (κ3) is 3.29. The molecule has 0 saturated heterocycles. The number of hydrogen-bond acceptors (Lipinski definition) is 4. The van der Waals surface area contributed by atoms with Gasteiger partial charge in [0.25, 0.3) is 0 Å². The minimum atomic E-state index is 0.00444. The molecular formula is C15H19N3O. The summed E-state index contributed by atoms with van der Waals surface area (Å²) >= 11 is 0. The smallest absolute Gasteiger partial charge is 0.237 e. The van der Waals surface area contributed by atoms with E-state index in [1.807, 2.05) is 18.2 Å². The van der Waals surface area contributed by atoms with Gasteiger partial charge in [-0.05, 0) is 18.5 Å². The van der Waals surface area contributed by atoms with Crippen LogP contribution in [0.3, 0.4) is 0 Å². The van der Waals surface area contributed by atoms with E-state index >= 15 is 0 Å². The predicted molar refractivity (Wildman–Crippen MR) is 75.2 cm³/mol. The van der Waals surface area contributed by atoms with Crippen LogP contribution in [0.2, 0.25) is 0 Å². The van der Waals surface area contributed by atoms with Gasteiger partial charge in [-0.1, -0.05) is 37.3 Å². The van der Waals surface area contributed by atoms with Crippen molar-refractivity contribution in [3.8, 4) is 5.88 Å². The first kappa shape index (κ1) is 13.5. The molecule has 0 radical (unpaired) electrons. The molecule has 0 aliphatic carbocycles. The Morgan fingerprint density at radius 3 is 2.58 bits per heavy atom. The van der Waals surface area contributed by atoms with Crippen molar-refractivity contribution >= 4 is 0 Å². The zero-order valence-corrected chi connectivity index (χ0v) is 11.3. The molecule has 0 fully saturated rings. The van der Waals surface area contributed by atoms with Crippen molar-refractivity contribution in [3.63, 3.8) is 0 Å². The molecule has 19 heavy (non-hydrogen) atoms. The van der Waals surface area contributed by atoms with Crippen molar-refractivity contribution in [1.29, 1.82) is 0 Å². The number of methoxy groups -OCH3 is 1. The first-order valence-electron chi connectivity index (χ1n) is 6.50. The zero-order valence-electron chi connectivity index (χ0n) is 11.3. The van der Waals surface area contributed by atoms with Crippen LogP contribution in [-0.2, 0) is 0 Å². The van der Waals surface area contributed by atoms with E-state index in [0.29, 0.717) is 5.88 Å². The Hall–Kier alpha value is -1.94. The highest BCUT2D eigenvalue weighted by Gasteiger charge is 2.19. The van der Waals surface area contributed by atoms with E-state index in [4.69, 9.17) is 4.74 Å². The molecule has 1 unspecified atom stereocenters. The summed E-state index contributed by atoms with van der Waals surface area (Å²) in [5.74, 6) is 0.569. The van der Waals surface area contributed by atoms with Crippen molar-refractivity contribution in [2.75, 3.05) is 13.7 Å². The molecule has 4 nitrogen and oxygen atoms in total. The van der Waals surface area contributed by atoms with Gasteiger partial charge in [-0.15, -0.1) is 0 Å². The van der Waals surface area contributed by atoms with Gasteiger partial charge in [0.05, 0.1) is 13.2 Å². The number of rotatable bonds is 6. The summed E-state index contributed by atoms with van der Waals surface area (Å²) in [6.45, 7) is 3.06. The fraction of sp³-hybridized carbons (Fsp3) is 0.333. The van der Waals surface area contributed by atoms with E-state index in [1.165, 1.54) is 0 Å². The Kier molecular flexibility index (Phi) is 4.86. The van der Waals surface area contributed by atoms with Gasteiger partial charge >= 0.3 is 0 Å². The molecule has 1 atom stereocenters. The summed E-state index contributed by atoms with van der Waals surface area (Å²) in [4.78, 5) is 8.66. The highest BCUT2D eigenvalue weighted by Crippen LogP contribution is 2.25. The van der Waals surface area contributed by atoms with E-state index in [-0.39, 0.29) is 6.04 Å². The Labute approximate surface area is 113 Å². The lowest BCUT2D eigenvalue weighted by molar-refractivity contribution is 0.382. The molecule has 1 heterocycles. The fourth-order valence-corrected chi connectivity index (χ4v) is 2.00. The number of nitrogens with one attached hydrogen (secondary N) is 1. The molecule has 1 N–H and O–H groups in total. The minimum absolute atomic E-state index is 0.00444. The average molecular weight is 257 g/mol. The Morgan fingerprint density at radius 2 is 1.89 bits per heavy atom. The Morgan fingerprint density at radius 1 is 1.16 bits per heavy atom. The third-order valence-corrected chi connectivity index (χ3v) is 2.89. The molecule has 2 rings (SSSR count). The van der Waals surface area contributed by atoms with Crippen LogP contribution in [0.1, 0.15) is 30.6 Å².